The topological polar surface area (TPSA) is 99.4 Å². The lowest BCUT2D eigenvalue weighted by Crippen LogP contribution is -2.17. The van der Waals surface area contributed by atoms with Gasteiger partial charge in [0.05, 0.1) is 11.3 Å². The second-order valence-electron chi connectivity index (χ2n) is 6.51. The Bertz CT molecular complexity index is 1060. The van der Waals surface area contributed by atoms with Gasteiger partial charge in [0.1, 0.15) is 23.5 Å². The molecule has 2 aromatic heterocycles. The predicted molar refractivity (Wildman–Crippen MR) is 110 cm³/mol. The van der Waals surface area contributed by atoms with Gasteiger partial charge in [-0.15, -0.1) is 5.10 Å². The molecule has 2 heterocycles. The van der Waals surface area contributed by atoms with Crippen molar-refractivity contribution in [1.29, 1.82) is 5.26 Å². The summed E-state index contributed by atoms with van der Waals surface area (Å²) in [6, 6.07) is 8.06. The van der Waals surface area contributed by atoms with Crippen LogP contribution in [0.2, 0.25) is 0 Å². The summed E-state index contributed by atoms with van der Waals surface area (Å²) < 4.78 is 15.1. The lowest BCUT2D eigenvalue weighted by atomic mass is 10.2. The first-order chi connectivity index (χ1) is 13.9. The molecule has 0 unspecified atom stereocenters. The number of hydrogen-bond donors (Lipinski definition) is 2. The molecule has 0 bridgehead atoms. The fourth-order valence-corrected chi connectivity index (χ4v) is 3.58. The van der Waals surface area contributed by atoms with Gasteiger partial charge >= 0.3 is 0 Å². The van der Waals surface area contributed by atoms with E-state index in [-0.39, 0.29) is 17.5 Å². The van der Waals surface area contributed by atoms with Crippen molar-refractivity contribution in [3.63, 3.8) is 0 Å². The third kappa shape index (κ3) is 4.49. The number of aromatic amines is 1. The van der Waals surface area contributed by atoms with Crippen LogP contribution in [0.1, 0.15) is 36.0 Å². The minimum absolute atomic E-state index is 0.0982. The Hall–Kier alpha value is -3.12. The largest absolute Gasteiger partial charge is 0.310 e. The second-order valence-corrected chi connectivity index (χ2v) is 7.45. The molecule has 0 aliphatic rings. The number of H-pyrrole nitrogens is 1. The number of carbonyl (C=O) groups is 1. The van der Waals surface area contributed by atoms with Crippen LogP contribution >= 0.6 is 11.8 Å². The van der Waals surface area contributed by atoms with Crippen LogP contribution in [0.25, 0.3) is 5.69 Å². The zero-order valence-electron chi connectivity index (χ0n) is 16.4. The third-order valence-corrected chi connectivity index (χ3v) is 5.35. The van der Waals surface area contributed by atoms with Crippen LogP contribution in [-0.4, -0.2) is 31.4 Å². The molecule has 2 N–H and O–H groups in total. The Morgan fingerprint density at radius 3 is 2.72 bits per heavy atom. The second kappa shape index (κ2) is 8.92. The first-order valence-electron chi connectivity index (χ1n) is 9.16. The molecule has 29 heavy (non-hydrogen) atoms. The molecule has 0 spiro atoms. The normalized spacial score (nSPS) is 10.7. The lowest BCUT2D eigenvalue weighted by molar-refractivity contribution is -0.113. The van der Waals surface area contributed by atoms with E-state index in [9.17, 15) is 14.4 Å². The minimum atomic E-state index is -0.355. The summed E-state index contributed by atoms with van der Waals surface area (Å²) in [5.41, 5.74) is 2.61. The number of rotatable bonds is 7. The van der Waals surface area contributed by atoms with Crippen molar-refractivity contribution < 1.29 is 9.18 Å². The molecule has 3 rings (SSSR count). The van der Waals surface area contributed by atoms with Gasteiger partial charge in [0.2, 0.25) is 11.1 Å². The zero-order chi connectivity index (χ0) is 21.0. The van der Waals surface area contributed by atoms with Gasteiger partial charge in [-0.25, -0.2) is 9.37 Å². The van der Waals surface area contributed by atoms with E-state index in [4.69, 9.17) is 0 Å². The van der Waals surface area contributed by atoms with E-state index in [1.165, 1.54) is 23.9 Å². The summed E-state index contributed by atoms with van der Waals surface area (Å²) in [7, 11) is 0. The number of nitriles is 1. The Morgan fingerprint density at radius 1 is 1.34 bits per heavy atom. The molecule has 150 valence electrons. The van der Waals surface area contributed by atoms with Crippen molar-refractivity contribution in [2.24, 2.45) is 0 Å². The maximum Gasteiger partial charge on any atom is 0.236 e. The molecule has 0 fully saturated rings. The number of aromatic nitrogens is 4. The number of carbonyl (C=O) groups excluding carboxylic acids is 1. The van der Waals surface area contributed by atoms with Crippen LogP contribution in [0, 0.1) is 31.0 Å². The number of anilines is 1. The molecule has 0 saturated heterocycles. The molecule has 3 aromatic rings. The molecule has 9 heteroatoms. The zero-order valence-corrected chi connectivity index (χ0v) is 17.2. The highest BCUT2D eigenvalue weighted by molar-refractivity contribution is 7.99. The summed E-state index contributed by atoms with van der Waals surface area (Å²) in [6.45, 7) is 5.73. The van der Waals surface area contributed by atoms with Gasteiger partial charge < -0.3 is 5.32 Å². The average molecular weight is 412 g/mol. The first kappa shape index (κ1) is 20.6. The van der Waals surface area contributed by atoms with Crippen molar-refractivity contribution in [1.82, 2.24) is 19.7 Å². The van der Waals surface area contributed by atoms with Crippen LogP contribution in [0.4, 0.5) is 10.2 Å². The molecular weight excluding hydrogens is 391 g/mol. The summed E-state index contributed by atoms with van der Waals surface area (Å²) >= 11 is 1.22. The highest BCUT2D eigenvalue weighted by Gasteiger charge is 2.21. The van der Waals surface area contributed by atoms with E-state index in [2.05, 4.69) is 33.5 Å². The van der Waals surface area contributed by atoms with Gasteiger partial charge in [-0.1, -0.05) is 18.7 Å². The van der Waals surface area contributed by atoms with Crippen LogP contribution in [-0.2, 0) is 11.2 Å². The molecule has 0 atom stereocenters. The first-order valence-corrected chi connectivity index (χ1v) is 10.1. The van der Waals surface area contributed by atoms with Gasteiger partial charge in [0.15, 0.2) is 0 Å². The number of nitrogens with one attached hydrogen (secondary N) is 2. The van der Waals surface area contributed by atoms with E-state index in [1.807, 2.05) is 13.8 Å². The monoisotopic (exact) mass is 412 g/mol. The quantitative estimate of drug-likeness (QED) is 0.573. The van der Waals surface area contributed by atoms with Crippen molar-refractivity contribution in [3.8, 4) is 11.8 Å². The number of aryl methyl sites for hydroxylation is 1. The van der Waals surface area contributed by atoms with Gasteiger partial charge in [-0.05, 0) is 50.1 Å². The van der Waals surface area contributed by atoms with Gasteiger partial charge in [0, 0.05) is 17.8 Å². The number of nitrogens with zero attached hydrogens (tertiary/aromatic N) is 4. The summed E-state index contributed by atoms with van der Waals surface area (Å²) in [5.74, 6) is 0.627. The average Bonchev–Trinajstić information content (AvgIpc) is 3.24. The summed E-state index contributed by atoms with van der Waals surface area (Å²) in [4.78, 5) is 16.9. The molecular formula is C20H21FN6OS. The highest BCUT2D eigenvalue weighted by Crippen LogP contribution is 2.30. The SMILES string of the molecule is CCCc1nc(SCC(=O)Nc2c(C#N)c(C)c(C)n2-c2ccc(F)cc2)n[nH]1. The van der Waals surface area contributed by atoms with Crippen molar-refractivity contribution in [3.05, 3.63) is 52.7 Å². The molecule has 1 aromatic carbocycles. The maximum absolute atomic E-state index is 13.3. The fourth-order valence-electron chi connectivity index (χ4n) is 2.96. The smallest absolute Gasteiger partial charge is 0.236 e. The summed E-state index contributed by atoms with van der Waals surface area (Å²) in [5, 5.41) is 19.9. The van der Waals surface area contributed by atoms with Crippen LogP contribution in [0.5, 0.6) is 0 Å². The summed E-state index contributed by atoms with van der Waals surface area (Å²) in [6.07, 6.45) is 1.75. The van der Waals surface area contributed by atoms with E-state index in [1.54, 1.807) is 16.7 Å². The number of amides is 1. The van der Waals surface area contributed by atoms with Crippen molar-refractivity contribution in [2.45, 2.75) is 38.8 Å². The minimum Gasteiger partial charge on any atom is -0.310 e. The fraction of sp³-hybridized carbons (Fsp3) is 0.300. The predicted octanol–water partition coefficient (Wildman–Crippen LogP) is 3.91. The third-order valence-electron chi connectivity index (χ3n) is 4.50. The van der Waals surface area contributed by atoms with Crippen LogP contribution in [0.15, 0.2) is 29.4 Å². The van der Waals surface area contributed by atoms with E-state index >= 15 is 0 Å². The maximum atomic E-state index is 13.3. The molecule has 0 radical (unpaired) electrons. The van der Waals surface area contributed by atoms with Crippen molar-refractivity contribution >= 4 is 23.5 Å². The van der Waals surface area contributed by atoms with Crippen LogP contribution < -0.4 is 5.32 Å². The van der Waals surface area contributed by atoms with E-state index in [0.29, 0.717) is 22.2 Å². The Balaban J connectivity index is 1.82. The Morgan fingerprint density at radius 2 is 2.07 bits per heavy atom. The standard InChI is InChI=1S/C20H21FN6OS/c1-4-5-17-23-20(26-25-17)29-11-18(28)24-19-16(10-22)12(2)13(3)27(19)15-8-6-14(21)7-9-15/h6-9H,4-5,11H2,1-3H3,(H,24,28)(H,23,25,26). The number of benzene rings is 1. The Kier molecular flexibility index (Phi) is 6.34. The van der Waals surface area contributed by atoms with Gasteiger partial charge in [0.25, 0.3) is 0 Å². The number of halogens is 1. The molecule has 0 aliphatic carbocycles. The lowest BCUT2D eigenvalue weighted by Gasteiger charge is -2.13. The van der Waals surface area contributed by atoms with E-state index in [0.717, 1.165) is 29.9 Å². The van der Waals surface area contributed by atoms with E-state index < -0.39 is 0 Å². The van der Waals surface area contributed by atoms with Gasteiger partial charge in [-0.3, -0.25) is 14.5 Å². The molecule has 1 amide bonds. The number of thioether (sulfide) groups is 1. The van der Waals surface area contributed by atoms with Gasteiger partial charge in [-0.2, -0.15) is 5.26 Å². The molecule has 0 saturated carbocycles. The molecule has 7 nitrogen and oxygen atoms in total. The Labute approximate surface area is 172 Å². The number of hydrogen-bond acceptors (Lipinski definition) is 5. The highest BCUT2D eigenvalue weighted by atomic mass is 32.2. The molecule has 0 aliphatic heterocycles. The van der Waals surface area contributed by atoms with Crippen LogP contribution in [0.3, 0.4) is 0 Å². The van der Waals surface area contributed by atoms with Crippen molar-refractivity contribution in [2.75, 3.05) is 11.1 Å².